The van der Waals surface area contributed by atoms with E-state index >= 15 is 0 Å². The zero-order valence-electron chi connectivity index (χ0n) is 17.4. The van der Waals surface area contributed by atoms with Gasteiger partial charge in [-0.1, -0.05) is 78.9 Å². The topological polar surface area (TPSA) is 75.3 Å². The van der Waals surface area contributed by atoms with Crippen molar-refractivity contribution in [3.05, 3.63) is 102 Å². The molecule has 0 radical (unpaired) electrons. The van der Waals surface area contributed by atoms with Gasteiger partial charge < -0.3 is 5.32 Å². The van der Waals surface area contributed by atoms with Crippen LogP contribution in [0, 0.1) is 0 Å². The fourth-order valence-electron chi connectivity index (χ4n) is 3.33. The van der Waals surface area contributed by atoms with Gasteiger partial charge in [-0.25, -0.2) is 8.42 Å². The Hall–Kier alpha value is -2.96. The van der Waals surface area contributed by atoms with Crippen LogP contribution in [0.3, 0.4) is 0 Å². The summed E-state index contributed by atoms with van der Waals surface area (Å²) in [5.41, 5.74) is 2.16. The number of nitrogens with one attached hydrogen (secondary N) is 2. The standard InChI is InChI=1S/C25H28N2O3S/c28-25(26-19-11-10-14-21-12-4-1-5-13-21)24(20-22-15-6-2-7-16-22)27-31(29,30)23-17-8-3-9-18-23/h1-9,12-13,15-18,24,27H,10-11,14,19-20H2,(H,26,28). The van der Waals surface area contributed by atoms with Crippen LogP contribution in [-0.2, 0) is 27.7 Å². The quantitative estimate of drug-likeness (QED) is 0.450. The lowest BCUT2D eigenvalue weighted by molar-refractivity contribution is -0.122. The highest BCUT2D eigenvalue weighted by atomic mass is 32.2. The Kier molecular flexibility index (Phi) is 8.38. The number of carbonyl (C=O) groups excluding carboxylic acids is 1. The summed E-state index contributed by atoms with van der Waals surface area (Å²) in [5, 5.41) is 2.90. The summed E-state index contributed by atoms with van der Waals surface area (Å²) in [5.74, 6) is -0.317. The van der Waals surface area contributed by atoms with Gasteiger partial charge in [-0.05, 0) is 48.9 Å². The maximum atomic E-state index is 12.9. The lowest BCUT2D eigenvalue weighted by Crippen LogP contribution is -2.48. The predicted molar refractivity (Wildman–Crippen MR) is 123 cm³/mol. The van der Waals surface area contributed by atoms with Crippen LogP contribution in [0.5, 0.6) is 0 Å². The molecule has 1 atom stereocenters. The Labute approximate surface area is 184 Å². The molecule has 162 valence electrons. The van der Waals surface area contributed by atoms with Gasteiger partial charge in [-0.3, -0.25) is 4.79 Å². The fourth-order valence-corrected chi connectivity index (χ4v) is 4.54. The summed E-state index contributed by atoms with van der Waals surface area (Å²) in [7, 11) is -3.81. The number of sulfonamides is 1. The molecule has 0 aliphatic heterocycles. The zero-order chi connectivity index (χ0) is 21.9. The monoisotopic (exact) mass is 436 g/mol. The van der Waals surface area contributed by atoms with E-state index in [-0.39, 0.29) is 17.2 Å². The van der Waals surface area contributed by atoms with Crippen molar-refractivity contribution in [2.75, 3.05) is 6.54 Å². The number of hydrogen-bond acceptors (Lipinski definition) is 3. The van der Waals surface area contributed by atoms with Gasteiger partial charge in [-0.15, -0.1) is 0 Å². The van der Waals surface area contributed by atoms with E-state index in [9.17, 15) is 13.2 Å². The molecule has 0 aromatic heterocycles. The summed E-state index contributed by atoms with van der Waals surface area (Å²) in [6.07, 6.45) is 3.00. The highest BCUT2D eigenvalue weighted by Gasteiger charge is 2.25. The van der Waals surface area contributed by atoms with E-state index in [4.69, 9.17) is 0 Å². The van der Waals surface area contributed by atoms with Gasteiger partial charge in [-0.2, -0.15) is 4.72 Å². The van der Waals surface area contributed by atoms with Crippen molar-refractivity contribution in [1.29, 1.82) is 0 Å². The zero-order valence-corrected chi connectivity index (χ0v) is 18.2. The maximum Gasteiger partial charge on any atom is 0.241 e. The van der Waals surface area contributed by atoms with E-state index in [0.717, 1.165) is 24.8 Å². The van der Waals surface area contributed by atoms with Crippen LogP contribution in [0.15, 0.2) is 95.9 Å². The average Bonchev–Trinajstić information content (AvgIpc) is 2.80. The Morgan fingerprint density at radius 3 is 1.90 bits per heavy atom. The van der Waals surface area contributed by atoms with Crippen molar-refractivity contribution in [3.8, 4) is 0 Å². The van der Waals surface area contributed by atoms with Gasteiger partial charge in [0, 0.05) is 6.54 Å². The van der Waals surface area contributed by atoms with Gasteiger partial charge in [0.05, 0.1) is 4.90 Å². The predicted octanol–water partition coefficient (Wildman–Crippen LogP) is 3.72. The molecule has 0 bridgehead atoms. The first kappa shape index (κ1) is 22.7. The van der Waals surface area contributed by atoms with E-state index in [2.05, 4.69) is 22.2 Å². The molecule has 3 aromatic rings. The van der Waals surface area contributed by atoms with E-state index in [1.165, 1.54) is 17.7 Å². The minimum absolute atomic E-state index is 0.142. The third kappa shape index (κ3) is 7.35. The number of unbranched alkanes of at least 4 members (excludes halogenated alkanes) is 1. The van der Waals surface area contributed by atoms with Crippen LogP contribution in [-0.4, -0.2) is 26.9 Å². The smallest absolute Gasteiger partial charge is 0.241 e. The highest BCUT2D eigenvalue weighted by Crippen LogP contribution is 2.11. The second-order valence-corrected chi connectivity index (χ2v) is 9.12. The van der Waals surface area contributed by atoms with Crippen molar-refractivity contribution < 1.29 is 13.2 Å². The van der Waals surface area contributed by atoms with Gasteiger partial charge in [0.15, 0.2) is 0 Å². The lowest BCUT2D eigenvalue weighted by Gasteiger charge is -2.19. The normalized spacial score (nSPS) is 12.3. The molecule has 0 heterocycles. The summed E-state index contributed by atoms with van der Waals surface area (Å²) in [6, 6.07) is 26.8. The van der Waals surface area contributed by atoms with Crippen LogP contribution < -0.4 is 10.0 Å². The Morgan fingerprint density at radius 1 is 0.742 bits per heavy atom. The molecule has 3 rings (SSSR count). The van der Waals surface area contributed by atoms with Crippen molar-refractivity contribution in [2.45, 2.75) is 36.6 Å². The molecule has 0 spiro atoms. The van der Waals surface area contributed by atoms with Crippen molar-refractivity contribution in [1.82, 2.24) is 10.0 Å². The molecule has 0 aliphatic rings. The Bertz CT molecular complexity index is 1040. The minimum atomic E-state index is -3.81. The summed E-state index contributed by atoms with van der Waals surface area (Å²) in [4.78, 5) is 13.0. The SMILES string of the molecule is O=C(NCCCCc1ccccc1)C(Cc1ccccc1)NS(=O)(=O)c1ccccc1. The van der Waals surface area contributed by atoms with Crippen LogP contribution in [0.2, 0.25) is 0 Å². The Balaban J connectivity index is 1.59. The summed E-state index contributed by atoms with van der Waals surface area (Å²) in [6.45, 7) is 0.504. The van der Waals surface area contributed by atoms with E-state index < -0.39 is 16.1 Å². The number of amides is 1. The van der Waals surface area contributed by atoms with Gasteiger partial charge in [0.1, 0.15) is 6.04 Å². The molecule has 2 N–H and O–H groups in total. The third-order valence-corrected chi connectivity index (χ3v) is 6.47. The molecule has 1 unspecified atom stereocenters. The number of carbonyl (C=O) groups is 1. The molecule has 0 aliphatic carbocycles. The number of hydrogen-bond donors (Lipinski definition) is 2. The molecule has 0 saturated carbocycles. The minimum Gasteiger partial charge on any atom is -0.355 e. The first-order valence-corrected chi connectivity index (χ1v) is 12.0. The second kappa shape index (κ2) is 11.4. The fraction of sp³-hybridized carbons (Fsp3) is 0.240. The Morgan fingerprint density at radius 2 is 1.29 bits per heavy atom. The van der Waals surface area contributed by atoms with Crippen LogP contribution in [0.1, 0.15) is 24.0 Å². The van der Waals surface area contributed by atoms with Crippen LogP contribution in [0.25, 0.3) is 0 Å². The lowest BCUT2D eigenvalue weighted by atomic mass is 10.1. The molecule has 1 amide bonds. The van der Waals surface area contributed by atoms with Crippen molar-refractivity contribution >= 4 is 15.9 Å². The molecule has 0 fully saturated rings. The maximum absolute atomic E-state index is 12.9. The molecular formula is C25H28N2O3S. The highest BCUT2D eigenvalue weighted by molar-refractivity contribution is 7.89. The van der Waals surface area contributed by atoms with Gasteiger partial charge >= 0.3 is 0 Å². The largest absolute Gasteiger partial charge is 0.355 e. The number of benzene rings is 3. The number of aryl methyl sites for hydroxylation is 1. The third-order valence-electron chi connectivity index (χ3n) is 4.98. The van der Waals surface area contributed by atoms with Crippen LogP contribution in [0.4, 0.5) is 0 Å². The van der Waals surface area contributed by atoms with Crippen LogP contribution >= 0.6 is 0 Å². The molecule has 5 nitrogen and oxygen atoms in total. The molecule has 0 saturated heterocycles. The van der Waals surface area contributed by atoms with E-state index in [1.54, 1.807) is 18.2 Å². The van der Waals surface area contributed by atoms with E-state index in [0.29, 0.717) is 6.54 Å². The molecule has 31 heavy (non-hydrogen) atoms. The first-order valence-electron chi connectivity index (χ1n) is 10.5. The molecule has 3 aromatic carbocycles. The van der Waals surface area contributed by atoms with Gasteiger partial charge in [0.2, 0.25) is 15.9 Å². The molecular weight excluding hydrogens is 408 g/mol. The van der Waals surface area contributed by atoms with Gasteiger partial charge in [0.25, 0.3) is 0 Å². The second-order valence-electron chi connectivity index (χ2n) is 7.41. The van der Waals surface area contributed by atoms with Crippen molar-refractivity contribution in [2.24, 2.45) is 0 Å². The number of rotatable bonds is 11. The van der Waals surface area contributed by atoms with Crippen molar-refractivity contribution in [3.63, 3.8) is 0 Å². The molecule has 6 heteroatoms. The average molecular weight is 437 g/mol. The summed E-state index contributed by atoms with van der Waals surface area (Å²) < 4.78 is 28.1. The first-order chi connectivity index (χ1) is 15.0. The summed E-state index contributed by atoms with van der Waals surface area (Å²) >= 11 is 0. The van der Waals surface area contributed by atoms with E-state index in [1.807, 2.05) is 48.5 Å².